The molecule has 0 aliphatic carbocycles. The van der Waals surface area contributed by atoms with Crippen molar-refractivity contribution in [3.05, 3.63) is 70.7 Å². The molecule has 0 fully saturated rings. The molecule has 0 saturated carbocycles. The molecule has 9 heteroatoms. The van der Waals surface area contributed by atoms with E-state index in [0.29, 0.717) is 17.5 Å². The van der Waals surface area contributed by atoms with Gasteiger partial charge in [0.25, 0.3) is 5.91 Å². The highest BCUT2D eigenvalue weighted by atomic mass is 79.9. The summed E-state index contributed by atoms with van der Waals surface area (Å²) in [6, 6.07) is 16.0. The molecule has 1 N–H and O–H groups in total. The first kappa shape index (κ1) is 21.8. The number of nitrogens with zero attached hydrogens (tertiary/aromatic N) is 3. The topological polar surface area (TPSA) is 103 Å². The third kappa shape index (κ3) is 4.72. The number of nitrogens with one attached hydrogen (secondary N) is 1. The number of carbonyl (C=O) groups is 1. The lowest BCUT2D eigenvalue weighted by atomic mass is 10.0. The predicted octanol–water partition coefficient (Wildman–Crippen LogP) is 5.29. The highest BCUT2D eigenvalue weighted by Crippen LogP contribution is 2.26. The van der Waals surface area contributed by atoms with Crippen LogP contribution in [0, 0.1) is 5.92 Å². The molecule has 8 nitrogen and oxygen atoms in total. The molecule has 0 saturated heterocycles. The third-order valence-electron chi connectivity index (χ3n) is 4.88. The van der Waals surface area contributed by atoms with E-state index in [-0.39, 0.29) is 17.5 Å². The molecular weight excluding hydrogens is 476 g/mol. The van der Waals surface area contributed by atoms with Crippen LogP contribution in [0.5, 0.6) is 5.75 Å². The largest absolute Gasteiger partial charge is 0.497 e. The van der Waals surface area contributed by atoms with E-state index in [9.17, 15) is 4.79 Å². The minimum atomic E-state index is -0.491. The van der Waals surface area contributed by atoms with E-state index in [1.807, 2.05) is 62.4 Å². The van der Waals surface area contributed by atoms with Crippen molar-refractivity contribution in [1.29, 1.82) is 0 Å². The zero-order valence-electron chi connectivity index (χ0n) is 17.7. The van der Waals surface area contributed by atoms with E-state index >= 15 is 0 Å². The van der Waals surface area contributed by atoms with Crippen molar-refractivity contribution in [3.8, 4) is 28.5 Å². The molecule has 0 bridgehead atoms. The summed E-state index contributed by atoms with van der Waals surface area (Å²) in [6.07, 6.45) is 0. The highest BCUT2D eigenvalue weighted by Gasteiger charge is 2.26. The number of carbonyl (C=O) groups excluding carboxylic acids is 1. The zero-order chi connectivity index (χ0) is 22.7. The second-order valence-corrected chi connectivity index (χ2v) is 8.38. The molecule has 0 aliphatic heterocycles. The van der Waals surface area contributed by atoms with Gasteiger partial charge in [-0.2, -0.15) is 4.98 Å². The Kier molecular flexibility index (Phi) is 6.36. The van der Waals surface area contributed by atoms with Crippen LogP contribution in [0.1, 0.15) is 36.3 Å². The van der Waals surface area contributed by atoms with E-state index in [0.717, 1.165) is 21.3 Å². The van der Waals surface area contributed by atoms with Gasteiger partial charge in [0.1, 0.15) is 11.8 Å². The van der Waals surface area contributed by atoms with Crippen LogP contribution in [0.3, 0.4) is 0 Å². The Morgan fingerprint density at radius 3 is 2.34 bits per heavy atom. The van der Waals surface area contributed by atoms with Gasteiger partial charge in [0.2, 0.25) is 11.7 Å². The van der Waals surface area contributed by atoms with E-state index in [4.69, 9.17) is 13.8 Å². The molecule has 2 aromatic heterocycles. The summed E-state index contributed by atoms with van der Waals surface area (Å²) in [5.74, 6) is 1.60. The Morgan fingerprint density at radius 2 is 1.69 bits per heavy atom. The van der Waals surface area contributed by atoms with Gasteiger partial charge in [0.15, 0.2) is 11.5 Å². The molecule has 164 valence electrons. The van der Waals surface area contributed by atoms with Crippen molar-refractivity contribution >= 4 is 21.8 Å². The lowest BCUT2D eigenvalue weighted by molar-refractivity contribution is 0.0904. The first-order valence-corrected chi connectivity index (χ1v) is 10.8. The SMILES string of the molecule is COc1ccc(-c2noc(C(NC(=O)c3cc(-c4ccc(Br)cc4)on3)C(C)C)n2)cc1. The number of hydrogen-bond acceptors (Lipinski definition) is 7. The molecule has 1 unspecified atom stereocenters. The molecule has 0 aliphatic rings. The van der Waals surface area contributed by atoms with Gasteiger partial charge in [-0.1, -0.05) is 52.2 Å². The van der Waals surface area contributed by atoms with Crippen LogP contribution in [0.25, 0.3) is 22.7 Å². The van der Waals surface area contributed by atoms with Crippen molar-refractivity contribution in [3.63, 3.8) is 0 Å². The highest BCUT2D eigenvalue weighted by molar-refractivity contribution is 9.10. The standard InChI is InChI=1S/C23H21BrN4O4/c1-13(2)20(23-26-21(28-32-23)15-6-10-17(30-3)11-7-15)25-22(29)18-12-19(31-27-18)14-4-8-16(24)9-5-14/h4-13,20H,1-3H3,(H,25,29). The van der Waals surface area contributed by atoms with Crippen LogP contribution in [0.4, 0.5) is 0 Å². The summed E-state index contributed by atoms with van der Waals surface area (Å²) in [5, 5.41) is 10.9. The lowest BCUT2D eigenvalue weighted by Crippen LogP contribution is -2.32. The number of ether oxygens (including phenoxy) is 1. The van der Waals surface area contributed by atoms with Crippen LogP contribution in [-0.4, -0.2) is 28.3 Å². The quantitative estimate of drug-likeness (QED) is 0.370. The Balaban J connectivity index is 1.51. The average molecular weight is 497 g/mol. The minimum absolute atomic E-state index is 0.000891. The fourth-order valence-corrected chi connectivity index (χ4v) is 3.34. The zero-order valence-corrected chi connectivity index (χ0v) is 19.3. The maximum atomic E-state index is 12.8. The van der Waals surface area contributed by atoms with E-state index in [1.54, 1.807) is 13.2 Å². The van der Waals surface area contributed by atoms with Crippen LogP contribution < -0.4 is 10.1 Å². The first-order valence-electron chi connectivity index (χ1n) is 9.96. The van der Waals surface area contributed by atoms with Crippen molar-refractivity contribution < 1.29 is 18.6 Å². The van der Waals surface area contributed by atoms with Crippen LogP contribution in [0.15, 0.2) is 68.1 Å². The van der Waals surface area contributed by atoms with Gasteiger partial charge in [-0.05, 0) is 42.3 Å². The third-order valence-corrected chi connectivity index (χ3v) is 5.41. The summed E-state index contributed by atoms with van der Waals surface area (Å²) in [7, 11) is 1.61. The van der Waals surface area contributed by atoms with Crippen LogP contribution >= 0.6 is 15.9 Å². The Morgan fingerprint density at radius 1 is 1.00 bits per heavy atom. The van der Waals surface area contributed by atoms with E-state index in [1.165, 1.54) is 0 Å². The van der Waals surface area contributed by atoms with Gasteiger partial charge in [0, 0.05) is 21.7 Å². The number of benzene rings is 2. The Hall–Kier alpha value is -3.46. The number of aromatic nitrogens is 3. The van der Waals surface area contributed by atoms with Gasteiger partial charge in [-0.15, -0.1) is 0 Å². The lowest BCUT2D eigenvalue weighted by Gasteiger charge is -2.17. The summed E-state index contributed by atoms with van der Waals surface area (Å²) in [6.45, 7) is 3.91. The summed E-state index contributed by atoms with van der Waals surface area (Å²) < 4.78 is 16.9. The number of halogens is 1. The second kappa shape index (κ2) is 9.35. The number of amides is 1. The van der Waals surface area contributed by atoms with Crippen LogP contribution in [0.2, 0.25) is 0 Å². The molecular formula is C23H21BrN4O4. The molecule has 2 heterocycles. The maximum absolute atomic E-state index is 12.8. The van der Waals surface area contributed by atoms with Gasteiger partial charge in [-0.25, -0.2) is 0 Å². The molecule has 2 aromatic carbocycles. The Labute approximate surface area is 193 Å². The molecule has 4 aromatic rings. The predicted molar refractivity (Wildman–Crippen MR) is 121 cm³/mol. The van der Waals surface area contributed by atoms with Gasteiger partial charge < -0.3 is 19.1 Å². The van der Waals surface area contributed by atoms with Crippen molar-refractivity contribution in [1.82, 2.24) is 20.6 Å². The molecule has 32 heavy (non-hydrogen) atoms. The molecule has 0 spiro atoms. The fraction of sp³-hybridized carbons (Fsp3) is 0.217. The molecule has 4 rings (SSSR count). The van der Waals surface area contributed by atoms with Crippen molar-refractivity contribution in [2.24, 2.45) is 5.92 Å². The summed E-state index contributed by atoms with van der Waals surface area (Å²) in [4.78, 5) is 17.3. The number of hydrogen-bond donors (Lipinski definition) is 1. The van der Waals surface area contributed by atoms with Crippen molar-refractivity contribution in [2.45, 2.75) is 19.9 Å². The molecule has 1 atom stereocenters. The van der Waals surface area contributed by atoms with E-state index < -0.39 is 6.04 Å². The van der Waals surface area contributed by atoms with E-state index in [2.05, 4.69) is 36.5 Å². The second-order valence-electron chi connectivity index (χ2n) is 7.46. The molecule has 0 radical (unpaired) electrons. The van der Waals surface area contributed by atoms with Gasteiger partial charge >= 0.3 is 0 Å². The fourth-order valence-electron chi connectivity index (χ4n) is 3.08. The summed E-state index contributed by atoms with van der Waals surface area (Å²) in [5.41, 5.74) is 1.77. The smallest absolute Gasteiger partial charge is 0.274 e. The van der Waals surface area contributed by atoms with Crippen LogP contribution in [-0.2, 0) is 0 Å². The number of rotatable bonds is 7. The van der Waals surface area contributed by atoms with Crippen molar-refractivity contribution in [2.75, 3.05) is 7.11 Å². The van der Waals surface area contributed by atoms with Gasteiger partial charge in [-0.3, -0.25) is 4.79 Å². The normalized spacial score (nSPS) is 12.0. The summed E-state index contributed by atoms with van der Waals surface area (Å²) >= 11 is 3.40. The molecule has 1 amide bonds. The first-order chi connectivity index (χ1) is 15.4. The Bertz CT molecular complexity index is 1200. The minimum Gasteiger partial charge on any atom is -0.497 e. The average Bonchev–Trinajstić information content (AvgIpc) is 3.48. The maximum Gasteiger partial charge on any atom is 0.274 e. The number of methoxy groups -OCH3 is 1. The van der Waals surface area contributed by atoms with Gasteiger partial charge in [0.05, 0.1) is 7.11 Å². The monoisotopic (exact) mass is 496 g/mol.